The first-order valence-corrected chi connectivity index (χ1v) is 6.58. The van der Waals surface area contributed by atoms with E-state index in [9.17, 15) is 9.59 Å². The van der Waals surface area contributed by atoms with E-state index in [2.05, 4.69) is 10.1 Å². The van der Waals surface area contributed by atoms with Crippen LogP contribution in [0.5, 0.6) is 0 Å². The van der Waals surface area contributed by atoms with Gasteiger partial charge in [-0.15, -0.1) is 0 Å². The fraction of sp³-hybridized carbons (Fsp3) is 0.800. The third kappa shape index (κ3) is 4.02. The lowest BCUT2D eigenvalue weighted by molar-refractivity contribution is -0.148. The van der Waals surface area contributed by atoms with Crippen LogP contribution >= 0.6 is 11.8 Å². The van der Waals surface area contributed by atoms with Crippen LogP contribution < -0.4 is 11.1 Å². The van der Waals surface area contributed by atoms with Gasteiger partial charge in [0, 0.05) is 6.54 Å². The Labute approximate surface area is 99.5 Å². The molecule has 1 saturated heterocycles. The van der Waals surface area contributed by atoms with Crippen molar-refractivity contribution in [3.63, 3.8) is 0 Å². The Hall–Kier alpha value is -0.750. The normalized spacial score (nSPS) is 21.5. The SMILES string of the molecule is CCOC(=O)C(N)C(=O)NCC1CCSC1. The van der Waals surface area contributed by atoms with Gasteiger partial charge in [-0.3, -0.25) is 4.79 Å². The Morgan fingerprint density at radius 3 is 2.94 bits per heavy atom. The van der Waals surface area contributed by atoms with Gasteiger partial charge < -0.3 is 15.8 Å². The molecule has 0 bridgehead atoms. The number of hydrogen-bond donors (Lipinski definition) is 2. The Balaban J connectivity index is 2.25. The van der Waals surface area contributed by atoms with Crippen LogP contribution in [0.3, 0.4) is 0 Å². The molecule has 2 unspecified atom stereocenters. The summed E-state index contributed by atoms with van der Waals surface area (Å²) in [4.78, 5) is 22.6. The van der Waals surface area contributed by atoms with E-state index >= 15 is 0 Å². The molecule has 3 N–H and O–H groups in total. The van der Waals surface area contributed by atoms with Gasteiger partial charge in [-0.1, -0.05) is 0 Å². The summed E-state index contributed by atoms with van der Waals surface area (Å²) in [6, 6.07) is -1.20. The molecule has 0 aliphatic carbocycles. The predicted molar refractivity (Wildman–Crippen MR) is 63.1 cm³/mol. The lowest BCUT2D eigenvalue weighted by atomic mass is 10.1. The van der Waals surface area contributed by atoms with Crippen molar-refractivity contribution < 1.29 is 14.3 Å². The van der Waals surface area contributed by atoms with Crippen molar-refractivity contribution in [3.8, 4) is 0 Å². The highest BCUT2D eigenvalue weighted by atomic mass is 32.2. The maximum atomic E-state index is 11.5. The minimum Gasteiger partial charge on any atom is -0.464 e. The van der Waals surface area contributed by atoms with Crippen LogP contribution in [-0.4, -0.2) is 42.6 Å². The molecule has 1 amide bonds. The number of rotatable bonds is 5. The second-order valence-electron chi connectivity index (χ2n) is 3.70. The van der Waals surface area contributed by atoms with E-state index in [0.717, 1.165) is 17.9 Å². The molecule has 0 aromatic carbocycles. The summed E-state index contributed by atoms with van der Waals surface area (Å²) >= 11 is 1.88. The quantitative estimate of drug-likeness (QED) is 0.516. The number of hydrogen-bond acceptors (Lipinski definition) is 5. The smallest absolute Gasteiger partial charge is 0.332 e. The van der Waals surface area contributed by atoms with Gasteiger partial charge in [-0.2, -0.15) is 11.8 Å². The van der Waals surface area contributed by atoms with Crippen molar-refractivity contribution in [1.82, 2.24) is 5.32 Å². The van der Waals surface area contributed by atoms with Crippen molar-refractivity contribution >= 4 is 23.6 Å². The van der Waals surface area contributed by atoms with Crippen LogP contribution in [0, 0.1) is 5.92 Å². The van der Waals surface area contributed by atoms with E-state index in [4.69, 9.17) is 5.73 Å². The summed E-state index contributed by atoms with van der Waals surface area (Å²) in [6.45, 7) is 2.51. The van der Waals surface area contributed by atoms with Gasteiger partial charge in [0.15, 0.2) is 6.04 Å². The van der Waals surface area contributed by atoms with E-state index in [0.29, 0.717) is 12.5 Å². The zero-order valence-corrected chi connectivity index (χ0v) is 10.2. The van der Waals surface area contributed by atoms with Gasteiger partial charge in [0.25, 0.3) is 0 Å². The Bertz CT molecular complexity index is 254. The number of thioether (sulfide) groups is 1. The van der Waals surface area contributed by atoms with Crippen LogP contribution in [0.4, 0.5) is 0 Å². The molecule has 1 fully saturated rings. The van der Waals surface area contributed by atoms with Crippen molar-refractivity contribution in [3.05, 3.63) is 0 Å². The maximum Gasteiger partial charge on any atom is 0.332 e. The topological polar surface area (TPSA) is 81.4 Å². The fourth-order valence-corrected chi connectivity index (χ4v) is 2.72. The van der Waals surface area contributed by atoms with Crippen LogP contribution in [0.25, 0.3) is 0 Å². The summed E-state index contributed by atoms with van der Waals surface area (Å²) in [7, 11) is 0. The first kappa shape index (κ1) is 13.3. The number of ether oxygens (including phenoxy) is 1. The first-order valence-electron chi connectivity index (χ1n) is 5.42. The average molecular weight is 246 g/mol. The zero-order valence-electron chi connectivity index (χ0n) is 9.40. The zero-order chi connectivity index (χ0) is 12.0. The van der Waals surface area contributed by atoms with Gasteiger partial charge in [-0.05, 0) is 30.8 Å². The van der Waals surface area contributed by atoms with Crippen molar-refractivity contribution in [2.24, 2.45) is 11.7 Å². The van der Waals surface area contributed by atoms with Gasteiger partial charge in [-0.25, -0.2) is 4.79 Å². The number of nitrogens with one attached hydrogen (secondary N) is 1. The standard InChI is InChI=1S/C10H18N2O3S/c1-2-15-10(14)8(11)9(13)12-5-7-3-4-16-6-7/h7-8H,2-6,11H2,1H3,(H,12,13). The van der Waals surface area contributed by atoms with Crippen molar-refractivity contribution in [2.75, 3.05) is 24.7 Å². The van der Waals surface area contributed by atoms with E-state index in [1.165, 1.54) is 0 Å². The minimum atomic E-state index is -1.20. The molecule has 1 aliphatic heterocycles. The molecule has 0 saturated carbocycles. The highest BCUT2D eigenvalue weighted by Gasteiger charge is 2.24. The molecule has 1 heterocycles. The van der Waals surface area contributed by atoms with E-state index in [1.54, 1.807) is 6.92 Å². The predicted octanol–water partition coefficient (Wildman–Crippen LogP) is -0.254. The van der Waals surface area contributed by atoms with E-state index < -0.39 is 17.9 Å². The summed E-state index contributed by atoms with van der Waals surface area (Å²) < 4.78 is 4.67. The second-order valence-corrected chi connectivity index (χ2v) is 4.85. The molecule has 0 spiro atoms. The summed E-state index contributed by atoms with van der Waals surface area (Å²) in [5.74, 6) is 1.60. The number of carbonyl (C=O) groups excluding carboxylic acids is 2. The summed E-state index contributed by atoms with van der Waals surface area (Å²) in [5.41, 5.74) is 5.44. The average Bonchev–Trinajstić information content (AvgIpc) is 2.78. The maximum absolute atomic E-state index is 11.5. The third-order valence-electron chi connectivity index (χ3n) is 2.41. The molecule has 5 nitrogen and oxygen atoms in total. The summed E-state index contributed by atoms with van der Waals surface area (Å²) in [6.07, 6.45) is 1.11. The van der Waals surface area contributed by atoms with Crippen LogP contribution in [-0.2, 0) is 14.3 Å². The molecule has 6 heteroatoms. The molecular weight excluding hydrogens is 228 g/mol. The molecule has 16 heavy (non-hydrogen) atoms. The third-order valence-corrected chi connectivity index (χ3v) is 3.64. The van der Waals surface area contributed by atoms with Crippen molar-refractivity contribution in [2.45, 2.75) is 19.4 Å². The fourth-order valence-electron chi connectivity index (χ4n) is 1.44. The monoisotopic (exact) mass is 246 g/mol. The van der Waals surface area contributed by atoms with Gasteiger partial charge in [0.05, 0.1) is 6.61 Å². The number of carbonyl (C=O) groups is 2. The Kier molecular flexibility index (Phi) is 5.62. The number of amides is 1. The van der Waals surface area contributed by atoms with Gasteiger partial charge in [0.1, 0.15) is 0 Å². The molecule has 2 atom stereocenters. The van der Waals surface area contributed by atoms with Crippen LogP contribution in [0.2, 0.25) is 0 Å². The van der Waals surface area contributed by atoms with Crippen molar-refractivity contribution in [1.29, 1.82) is 0 Å². The Morgan fingerprint density at radius 2 is 2.38 bits per heavy atom. The highest BCUT2D eigenvalue weighted by molar-refractivity contribution is 7.99. The van der Waals surface area contributed by atoms with E-state index in [-0.39, 0.29) is 6.61 Å². The molecule has 92 valence electrons. The molecule has 0 aromatic heterocycles. The largest absolute Gasteiger partial charge is 0.464 e. The van der Waals surface area contributed by atoms with Gasteiger partial charge in [0.2, 0.25) is 5.91 Å². The highest BCUT2D eigenvalue weighted by Crippen LogP contribution is 2.22. The lowest BCUT2D eigenvalue weighted by Crippen LogP contribution is -2.48. The molecule has 1 rings (SSSR count). The number of esters is 1. The van der Waals surface area contributed by atoms with E-state index in [1.807, 2.05) is 11.8 Å². The number of nitrogens with two attached hydrogens (primary N) is 1. The first-order chi connectivity index (χ1) is 7.65. The molecule has 0 radical (unpaired) electrons. The van der Waals surface area contributed by atoms with Crippen LogP contribution in [0.1, 0.15) is 13.3 Å². The lowest BCUT2D eigenvalue weighted by Gasteiger charge is -2.13. The molecule has 1 aliphatic rings. The van der Waals surface area contributed by atoms with Crippen LogP contribution in [0.15, 0.2) is 0 Å². The minimum absolute atomic E-state index is 0.235. The Morgan fingerprint density at radius 1 is 1.62 bits per heavy atom. The van der Waals surface area contributed by atoms with Gasteiger partial charge >= 0.3 is 5.97 Å². The molecule has 0 aromatic rings. The second kappa shape index (κ2) is 6.75. The molecular formula is C10H18N2O3S. The summed E-state index contributed by atoms with van der Waals surface area (Å²) in [5, 5.41) is 2.69.